The minimum atomic E-state index is -3.41. The molecule has 1 aliphatic rings. The lowest BCUT2D eigenvalue weighted by Gasteiger charge is -2.14. The zero-order chi connectivity index (χ0) is 22.4. The number of nitrogens with one attached hydrogen (secondary N) is 1. The summed E-state index contributed by atoms with van der Waals surface area (Å²) >= 11 is 0. The number of hydrogen-bond donors (Lipinski definition) is 1. The number of anilines is 1. The van der Waals surface area contributed by atoms with Gasteiger partial charge in [0.25, 0.3) is 0 Å². The predicted octanol–water partition coefficient (Wildman–Crippen LogP) is 3.04. The molecule has 0 amide bonds. The highest BCUT2D eigenvalue weighted by atomic mass is 32.2. The number of hydrogen-bond acceptors (Lipinski definition) is 7. The van der Waals surface area contributed by atoms with Crippen molar-refractivity contribution in [1.82, 2.24) is 0 Å². The fourth-order valence-electron chi connectivity index (χ4n) is 3.11. The molecule has 1 N–H and O–H groups in total. The summed E-state index contributed by atoms with van der Waals surface area (Å²) in [5.41, 5.74) is 0.911. The van der Waals surface area contributed by atoms with Crippen molar-refractivity contribution in [1.29, 1.82) is 0 Å². The number of ketones is 1. The van der Waals surface area contributed by atoms with E-state index >= 15 is 0 Å². The van der Waals surface area contributed by atoms with Gasteiger partial charge in [0.1, 0.15) is 12.4 Å². The van der Waals surface area contributed by atoms with E-state index < -0.39 is 27.9 Å². The maximum Gasteiger partial charge on any atom is 0.338 e. The van der Waals surface area contributed by atoms with Crippen LogP contribution >= 0.6 is 0 Å². The van der Waals surface area contributed by atoms with Gasteiger partial charge in [0.2, 0.25) is 15.8 Å². The van der Waals surface area contributed by atoms with Crippen molar-refractivity contribution in [3.8, 4) is 5.75 Å². The molecule has 166 valence electrons. The van der Waals surface area contributed by atoms with Gasteiger partial charge in [-0.25, -0.2) is 13.2 Å². The molecule has 1 heterocycles. The summed E-state index contributed by atoms with van der Waals surface area (Å²) < 4.78 is 41.4. The van der Waals surface area contributed by atoms with Crippen molar-refractivity contribution in [2.75, 3.05) is 24.2 Å². The van der Waals surface area contributed by atoms with Crippen LogP contribution in [0.2, 0.25) is 0 Å². The lowest BCUT2D eigenvalue weighted by Crippen LogP contribution is -2.24. The molecule has 31 heavy (non-hydrogen) atoms. The zero-order valence-electron chi connectivity index (χ0n) is 17.4. The van der Waals surface area contributed by atoms with Crippen LogP contribution in [0.5, 0.6) is 5.75 Å². The third kappa shape index (κ3) is 6.80. The van der Waals surface area contributed by atoms with Gasteiger partial charge in [0.15, 0.2) is 6.10 Å². The second-order valence-electron chi connectivity index (χ2n) is 7.34. The first-order chi connectivity index (χ1) is 14.7. The Bertz CT molecular complexity index is 1030. The molecule has 1 fully saturated rings. The third-order valence-corrected chi connectivity index (χ3v) is 5.26. The number of esters is 1. The van der Waals surface area contributed by atoms with Crippen LogP contribution in [0.1, 0.15) is 40.5 Å². The third-order valence-electron chi connectivity index (χ3n) is 4.66. The lowest BCUT2D eigenvalue weighted by molar-refractivity contribution is 0.0318. The molecule has 0 radical (unpaired) electrons. The summed E-state index contributed by atoms with van der Waals surface area (Å²) in [5.74, 6) is -0.512. The number of ether oxygens (including phenoxy) is 3. The minimum absolute atomic E-state index is 0.0623. The number of rotatable bonds is 9. The molecular weight excluding hydrogens is 422 g/mol. The molecule has 0 aromatic heterocycles. The fourth-order valence-corrected chi connectivity index (χ4v) is 3.68. The van der Waals surface area contributed by atoms with Crippen molar-refractivity contribution >= 4 is 27.5 Å². The molecule has 0 aliphatic carbocycles. The summed E-state index contributed by atoms with van der Waals surface area (Å²) in [4.78, 5) is 25.1. The van der Waals surface area contributed by atoms with Crippen LogP contribution in [-0.4, -0.2) is 51.8 Å². The highest BCUT2D eigenvalue weighted by Crippen LogP contribution is 2.19. The molecule has 0 spiro atoms. The van der Waals surface area contributed by atoms with E-state index in [-0.39, 0.29) is 11.7 Å². The highest BCUT2D eigenvalue weighted by molar-refractivity contribution is 7.92. The van der Waals surface area contributed by atoms with Gasteiger partial charge in [-0.2, -0.15) is 0 Å². The van der Waals surface area contributed by atoms with E-state index in [1.807, 2.05) is 0 Å². The number of carbonyl (C=O) groups excluding carboxylic acids is 2. The standard InChI is InChI=1S/C22H25NO7S/c1-15(21(24)16-8-10-18(11-9-16)23-31(2,26)27)30-22(25)17-5-3-6-19(13-17)29-14-20-7-4-12-28-20/h3,5-6,8-11,13,15,20,23H,4,7,12,14H2,1-2H3/t15-,20-/m1/s1. The largest absolute Gasteiger partial charge is 0.491 e. The van der Waals surface area contributed by atoms with Crippen molar-refractivity contribution in [2.45, 2.75) is 32.0 Å². The summed E-state index contributed by atoms with van der Waals surface area (Å²) in [7, 11) is -3.41. The SMILES string of the molecule is C[C@@H](OC(=O)c1cccc(OC[C@H]2CCCO2)c1)C(=O)c1ccc(NS(C)(=O)=O)cc1. The molecule has 1 saturated heterocycles. The van der Waals surface area contributed by atoms with Crippen molar-refractivity contribution < 1.29 is 32.2 Å². The zero-order valence-corrected chi connectivity index (χ0v) is 18.2. The van der Waals surface area contributed by atoms with E-state index in [2.05, 4.69) is 4.72 Å². The fraction of sp³-hybridized carbons (Fsp3) is 0.364. The number of carbonyl (C=O) groups is 2. The number of benzene rings is 2. The molecule has 1 aliphatic heterocycles. The molecule has 2 aromatic carbocycles. The van der Waals surface area contributed by atoms with Crippen LogP contribution in [-0.2, 0) is 19.5 Å². The van der Waals surface area contributed by atoms with Gasteiger partial charge in [0, 0.05) is 17.9 Å². The number of sulfonamides is 1. The monoisotopic (exact) mass is 447 g/mol. The first-order valence-electron chi connectivity index (χ1n) is 9.89. The molecule has 0 unspecified atom stereocenters. The van der Waals surface area contributed by atoms with Crippen LogP contribution in [0, 0.1) is 0 Å². The van der Waals surface area contributed by atoms with Gasteiger partial charge in [-0.3, -0.25) is 9.52 Å². The molecule has 2 atom stereocenters. The molecule has 2 aromatic rings. The topological polar surface area (TPSA) is 108 Å². The Balaban J connectivity index is 1.58. The van der Waals surface area contributed by atoms with Crippen LogP contribution < -0.4 is 9.46 Å². The van der Waals surface area contributed by atoms with Crippen molar-refractivity contribution in [3.05, 3.63) is 59.7 Å². The Hall–Kier alpha value is -2.91. The van der Waals surface area contributed by atoms with E-state index in [4.69, 9.17) is 14.2 Å². The summed E-state index contributed by atoms with van der Waals surface area (Å²) in [5, 5.41) is 0. The molecule has 9 heteroatoms. The molecule has 3 rings (SSSR count). The predicted molar refractivity (Wildman–Crippen MR) is 115 cm³/mol. The molecule has 8 nitrogen and oxygen atoms in total. The average molecular weight is 448 g/mol. The summed E-state index contributed by atoms with van der Waals surface area (Å²) in [6, 6.07) is 12.5. The quantitative estimate of drug-likeness (QED) is 0.465. The first-order valence-corrected chi connectivity index (χ1v) is 11.8. The van der Waals surface area contributed by atoms with Gasteiger partial charge in [0.05, 0.1) is 17.9 Å². The maximum absolute atomic E-state index is 12.6. The average Bonchev–Trinajstić information content (AvgIpc) is 3.25. The summed E-state index contributed by atoms with van der Waals surface area (Å²) in [6.07, 6.45) is 2.05. The van der Waals surface area contributed by atoms with Crippen LogP contribution in [0.15, 0.2) is 48.5 Å². The van der Waals surface area contributed by atoms with E-state index in [0.29, 0.717) is 23.6 Å². The lowest BCUT2D eigenvalue weighted by atomic mass is 10.1. The van der Waals surface area contributed by atoms with E-state index in [1.54, 1.807) is 24.3 Å². The maximum atomic E-state index is 12.6. The van der Waals surface area contributed by atoms with Crippen LogP contribution in [0.25, 0.3) is 0 Å². The highest BCUT2D eigenvalue weighted by Gasteiger charge is 2.21. The van der Waals surface area contributed by atoms with Gasteiger partial charge < -0.3 is 14.2 Å². The second kappa shape index (κ2) is 9.93. The molecular formula is C22H25NO7S. The Morgan fingerprint density at radius 1 is 1.16 bits per heavy atom. The van der Waals surface area contributed by atoms with E-state index in [0.717, 1.165) is 25.7 Å². The summed E-state index contributed by atoms with van der Waals surface area (Å²) in [6.45, 7) is 2.64. The Morgan fingerprint density at radius 3 is 2.55 bits per heavy atom. The van der Waals surface area contributed by atoms with Gasteiger partial charge >= 0.3 is 5.97 Å². The van der Waals surface area contributed by atoms with Crippen molar-refractivity contribution in [2.24, 2.45) is 0 Å². The Kier molecular flexibility index (Phi) is 7.29. The van der Waals surface area contributed by atoms with Crippen molar-refractivity contribution in [3.63, 3.8) is 0 Å². The van der Waals surface area contributed by atoms with Crippen LogP contribution in [0.3, 0.4) is 0 Å². The first kappa shape index (κ1) is 22.8. The second-order valence-corrected chi connectivity index (χ2v) is 9.09. The van der Waals surface area contributed by atoms with Gasteiger partial charge in [-0.15, -0.1) is 0 Å². The van der Waals surface area contributed by atoms with Gasteiger partial charge in [-0.1, -0.05) is 6.07 Å². The Morgan fingerprint density at radius 2 is 1.90 bits per heavy atom. The van der Waals surface area contributed by atoms with E-state index in [9.17, 15) is 18.0 Å². The van der Waals surface area contributed by atoms with E-state index in [1.165, 1.54) is 31.2 Å². The molecule has 0 bridgehead atoms. The normalized spacial score (nSPS) is 17.0. The molecule has 0 saturated carbocycles. The smallest absolute Gasteiger partial charge is 0.338 e. The Labute approximate surface area is 181 Å². The van der Waals surface area contributed by atoms with Gasteiger partial charge in [-0.05, 0) is 62.2 Å². The number of Topliss-reactive ketones (excluding diaryl/α,β-unsaturated/α-hetero) is 1. The minimum Gasteiger partial charge on any atom is -0.491 e. The van der Waals surface area contributed by atoms with Crippen LogP contribution in [0.4, 0.5) is 5.69 Å².